The molecule has 0 rings (SSSR count). The Morgan fingerprint density at radius 3 is 1.72 bits per heavy atom. The molecule has 0 atom stereocenters. The van der Waals surface area contributed by atoms with Gasteiger partial charge in [-0.15, -0.1) is 0 Å². The lowest BCUT2D eigenvalue weighted by Crippen LogP contribution is -1.97. The van der Waals surface area contributed by atoms with E-state index >= 15 is 0 Å². The van der Waals surface area contributed by atoms with E-state index in [-0.39, 0.29) is 7.43 Å². The molecule has 0 aromatic carbocycles. The van der Waals surface area contributed by atoms with Crippen molar-refractivity contribution >= 4 is 0 Å². The first kappa shape index (κ1) is 20.1. The number of rotatable bonds is 11. The molecule has 0 aliphatic rings. The van der Waals surface area contributed by atoms with Crippen LogP contribution in [0.3, 0.4) is 0 Å². The monoisotopic (exact) mass is 254 g/mol. The van der Waals surface area contributed by atoms with E-state index in [4.69, 9.17) is 0 Å². The van der Waals surface area contributed by atoms with Crippen LogP contribution in [-0.4, -0.2) is 0 Å². The maximum absolute atomic E-state index is 2.51. The Hall–Kier alpha value is -0.260. The number of allylic oxidation sites excluding steroid dienone is 2. The molecule has 0 amide bonds. The van der Waals surface area contributed by atoms with Gasteiger partial charge in [0, 0.05) is 0 Å². The van der Waals surface area contributed by atoms with E-state index in [2.05, 4.69) is 39.8 Å². The lowest BCUT2D eigenvalue weighted by molar-refractivity contribution is 0.479. The van der Waals surface area contributed by atoms with Gasteiger partial charge in [0.25, 0.3) is 0 Å². The minimum absolute atomic E-state index is 0. The van der Waals surface area contributed by atoms with E-state index in [9.17, 15) is 0 Å². The second-order valence-electron chi connectivity index (χ2n) is 5.81. The van der Waals surface area contributed by atoms with Crippen molar-refractivity contribution in [3.8, 4) is 0 Å². The summed E-state index contributed by atoms with van der Waals surface area (Å²) in [4.78, 5) is 0. The van der Waals surface area contributed by atoms with Gasteiger partial charge < -0.3 is 0 Å². The zero-order valence-corrected chi connectivity index (χ0v) is 12.7. The minimum atomic E-state index is 0. The lowest BCUT2D eigenvalue weighted by atomic mass is 9.94. The summed E-state index contributed by atoms with van der Waals surface area (Å²) in [6.45, 7) is 9.18. The average molecular weight is 255 g/mol. The molecule has 0 aliphatic heterocycles. The third-order valence-corrected chi connectivity index (χ3v) is 3.37. The van der Waals surface area contributed by atoms with Crippen LogP contribution in [0.15, 0.2) is 12.2 Å². The number of hydrogen-bond donors (Lipinski definition) is 0. The summed E-state index contributed by atoms with van der Waals surface area (Å²) >= 11 is 0. The molecule has 0 heteroatoms. The van der Waals surface area contributed by atoms with Gasteiger partial charge in [-0.1, -0.05) is 85.8 Å². The number of hydrogen-bond acceptors (Lipinski definition) is 0. The zero-order valence-electron chi connectivity index (χ0n) is 12.7. The molecule has 110 valence electrons. The third kappa shape index (κ3) is 13.8. The Kier molecular flexibility index (Phi) is 16.5. The molecule has 0 N–H and O–H groups in total. The molecule has 18 heavy (non-hydrogen) atoms. The highest BCUT2D eigenvalue weighted by Gasteiger charge is 2.04. The summed E-state index contributed by atoms with van der Waals surface area (Å²) in [5, 5.41) is 0. The topological polar surface area (TPSA) is 0 Å². The molecule has 0 radical (unpaired) electrons. The van der Waals surface area contributed by atoms with E-state index in [1.165, 1.54) is 57.8 Å². The van der Waals surface area contributed by atoms with Crippen LogP contribution < -0.4 is 0 Å². The predicted molar refractivity (Wildman–Crippen MR) is 87.1 cm³/mol. The lowest BCUT2D eigenvalue weighted by Gasteiger charge is -2.12. The average Bonchev–Trinajstić information content (AvgIpc) is 2.28. The predicted octanol–water partition coefficient (Wildman–Crippen LogP) is 7.00. The molecule has 0 spiro atoms. The van der Waals surface area contributed by atoms with Gasteiger partial charge in [-0.25, -0.2) is 0 Å². The quantitative estimate of drug-likeness (QED) is 0.275. The van der Waals surface area contributed by atoms with Crippen LogP contribution in [0, 0.1) is 11.8 Å². The normalized spacial score (nSPS) is 11.4. The Morgan fingerprint density at radius 2 is 1.33 bits per heavy atom. The van der Waals surface area contributed by atoms with Crippen molar-refractivity contribution < 1.29 is 0 Å². The second-order valence-corrected chi connectivity index (χ2v) is 5.81. The highest BCUT2D eigenvalue weighted by molar-refractivity contribution is 4.89. The van der Waals surface area contributed by atoms with Crippen LogP contribution in [0.4, 0.5) is 0 Å². The van der Waals surface area contributed by atoms with Gasteiger partial charge in [-0.2, -0.15) is 0 Å². The van der Waals surface area contributed by atoms with Gasteiger partial charge in [0.05, 0.1) is 0 Å². The summed E-state index contributed by atoms with van der Waals surface area (Å²) in [6.07, 6.45) is 17.3. The van der Waals surface area contributed by atoms with Crippen LogP contribution in [-0.2, 0) is 0 Å². The first-order chi connectivity index (χ1) is 8.20. The van der Waals surface area contributed by atoms with Crippen molar-refractivity contribution in [2.75, 3.05) is 0 Å². The van der Waals surface area contributed by atoms with Gasteiger partial charge >= 0.3 is 0 Å². The van der Waals surface area contributed by atoms with Crippen molar-refractivity contribution in [3.05, 3.63) is 12.2 Å². The third-order valence-electron chi connectivity index (χ3n) is 3.37. The van der Waals surface area contributed by atoms with Crippen LogP contribution in [0.25, 0.3) is 0 Å². The molecule has 0 unspecified atom stereocenters. The van der Waals surface area contributed by atoms with E-state index < -0.39 is 0 Å². The molecular weight excluding hydrogens is 216 g/mol. The number of unbranched alkanes of at least 4 members (excludes halogenated alkanes) is 4. The first-order valence-electron chi connectivity index (χ1n) is 7.87. The van der Waals surface area contributed by atoms with Crippen molar-refractivity contribution in [2.45, 2.75) is 92.9 Å². The Labute approximate surface area is 117 Å². The van der Waals surface area contributed by atoms with Crippen molar-refractivity contribution in [1.29, 1.82) is 0 Å². The van der Waals surface area contributed by atoms with Gasteiger partial charge in [0.2, 0.25) is 0 Å². The van der Waals surface area contributed by atoms with E-state index in [1.54, 1.807) is 0 Å². The summed E-state index contributed by atoms with van der Waals surface area (Å²) in [6, 6.07) is 0. The van der Waals surface area contributed by atoms with Crippen molar-refractivity contribution in [1.82, 2.24) is 0 Å². The molecule has 0 aromatic rings. The fourth-order valence-electron chi connectivity index (χ4n) is 2.19. The summed E-state index contributed by atoms with van der Waals surface area (Å²) in [5.41, 5.74) is 0. The second kappa shape index (κ2) is 14.8. The highest BCUT2D eigenvalue weighted by Crippen LogP contribution is 2.19. The molecule has 0 bridgehead atoms. The van der Waals surface area contributed by atoms with Gasteiger partial charge in [0.15, 0.2) is 0 Å². The van der Waals surface area contributed by atoms with Gasteiger partial charge in [-0.3, -0.25) is 0 Å². The summed E-state index contributed by atoms with van der Waals surface area (Å²) in [5.74, 6) is 1.66. The Balaban J connectivity index is 0. The van der Waals surface area contributed by atoms with Gasteiger partial charge in [0.1, 0.15) is 0 Å². The van der Waals surface area contributed by atoms with Gasteiger partial charge in [-0.05, 0) is 31.1 Å². The molecule has 0 saturated heterocycles. The zero-order chi connectivity index (χ0) is 12.9. The largest absolute Gasteiger partial charge is 0.0880 e. The molecule has 0 saturated carbocycles. The molecule has 0 heterocycles. The molecule has 0 fully saturated rings. The molecule has 0 aromatic heterocycles. The smallest absolute Gasteiger partial charge is 0.0234 e. The standard InChI is InChI=1S/C17H34.CH4/c1-5-7-9-13-17(14-10-8-6-2)15-11-12-16(3)4;/h11,15-17H,5-10,12-14H2,1-4H3;1H4/b15-11-;. The van der Waals surface area contributed by atoms with E-state index in [0.717, 1.165) is 11.8 Å². The molecular formula is C18H38. The summed E-state index contributed by atoms with van der Waals surface area (Å²) in [7, 11) is 0. The fraction of sp³-hybridized carbons (Fsp3) is 0.889. The van der Waals surface area contributed by atoms with Crippen molar-refractivity contribution in [2.24, 2.45) is 11.8 Å². The first-order valence-corrected chi connectivity index (χ1v) is 7.87. The van der Waals surface area contributed by atoms with Crippen LogP contribution in [0.5, 0.6) is 0 Å². The van der Waals surface area contributed by atoms with Crippen LogP contribution in [0.2, 0.25) is 0 Å². The minimum Gasteiger partial charge on any atom is -0.0880 e. The Morgan fingerprint density at radius 1 is 0.833 bits per heavy atom. The maximum atomic E-state index is 2.51. The maximum Gasteiger partial charge on any atom is -0.0234 e. The molecule has 0 aliphatic carbocycles. The van der Waals surface area contributed by atoms with Crippen LogP contribution in [0.1, 0.15) is 92.9 Å². The van der Waals surface area contributed by atoms with E-state index in [1.807, 2.05) is 0 Å². The molecule has 0 nitrogen and oxygen atoms in total. The van der Waals surface area contributed by atoms with Crippen LogP contribution >= 0.6 is 0 Å². The SMILES string of the molecule is C.CCCCCC(/C=C\CC(C)C)CCCCC. The Bertz CT molecular complexity index is 157. The van der Waals surface area contributed by atoms with E-state index in [0.29, 0.717) is 0 Å². The van der Waals surface area contributed by atoms with Crippen molar-refractivity contribution in [3.63, 3.8) is 0 Å². The summed E-state index contributed by atoms with van der Waals surface area (Å²) < 4.78 is 0. The highest BCUT2D eigenvalue weighted by atomic mass is 14.1. The fourth-order valence-corrected chi connectivity index (χ4v) is 2.19.